The smallest absolute Gasteiger partial charge is 0.338 e. The summed E-state index contributed by atoms with van der Waals surface area (Å²) >= 11 is 2.68. The lowest BCUT2D eigenvalue weighted by atomic mass is 10.0. The highest BCUT2D eigenvalue weighted by atomic mass is 32.1. The first-order chi connectivity index (χ1) is 15.4. The molecular weight excluding hydrogens is 448 g/mol. The molecule has 9 heteroatoms. The Labute approximate surface area is 191 Å². The van der Waals surface area contributed by atoms with Gasteiger partial charge in [-0.2, -0.15) is 0 Å². The van der Waals surface area contributed by atoms with E-state index in [4.69, 9.17) is 9.47 Å². The summed E-state index contributed by atoms with van der Waals surface area (Å²) < 4.78 is 12.5. The molecule has 32 heavy (non-hydrogen) atoms. The molecule has 1 unspecified atom stereocenters. The third-order valence-corrected chi connectivity index (χ3v) is 6.70. The summed E-state index contributed by atoms with van der Waals surface area (Å²) in [6.07, 6.45) is 1.68. The zero-order valence-electron chi connectivity index (χ0n) is 17.7. The van der Waals surface area contributed by atoms with E-state index in [0.29, 0.717) is 31.9 Å². The fraction of sp³-hybridized carbons (Fsp3) is 0.217. The minimum atomic E-state index is -0.615. The summed E-state index contributed by atoms with van der Waals surface area (Å²) in [4.78, 5) is 43.6. The molecule has 1 aromatic carbocycles. The van der Waals surface area contributed by atoms with Crippen molar-refractivity contribution in [2.45, 2.75) is 26.8 Å². The summed E-state index contributed by atoms with van der Waals surface area (Å²) in [5.74, 6) is -0.564. The normalized spacial score (nSPS) is 15.8. The number of carbonyl (C=O) groups is 2. The summed E-state index contributed by atoms with van der Waals surface area (Å²) in [6.45, 7) is 5.04. The van der Waals surface area contributed by atoms with Crippen LogP contribution >= 0.6 is 22.7 Å². The van der Waals surface area contributed by atoms with Gasteiger partial charge in [0.2, 0.25) is 0 Å². The SMILES string of the molecule is CCOC(=O)C1=C(C)N=c2sc(=Cc3ccccc3OC(C)=O)c(=O)n2C1c1cccs1. The molecule has 0 amide bonds. The maximum absolute atomic E-state index is 13.5. The molecule has 0 N–H and O–H groups in total. The van der Waals surface area contributed by atoms with E-state index in [1.54, 1.807) is 44.2 Å². The van der Waals surface area contributed by atoms with E-state index < -0.39 is 18.0 Å². The predicted octanol–water partition coefficient (Wildman–Crippen LogP) is 2.79. The third-order valence-electron chi connectivity index (χ3n) is 4.79. The van der Waals surface area contributed by atoms with Crippen LogP contribution in [0.5, 0.6) is 5.75 Å². The number of rotatable bonds is 5. The van der Waals surface area contributed by atoms with Gasteiger partial charge in [0, 0.05) is 17.4 Å². The summed E-state index contributed by atoms with van der Waals surface area (Å²) in [7, 11) is 0. The van der Waals surface area contributed by atoms with E-state index in [1.807, 2.05) is 17.5 Å². The van der Waals surface area contributed by atoms with Crippen LogP contribution in [0.3, 0.4) is 0 Å². The van der Waals surface area contributed by atoms with Crippen LogP contribution in [0.25, 0.3) is 6.08 Å². The molecule has 0 bridgehead atoms. The topological polar surface area (TPSA) is 87.0 Å². The molecule has 3 heterocycles. The van der Waals surface area contributed by atoms with Crippen LogP contribution in [0, 0.1) is 0 Å². The van der Waals surface area contributed by atoms with Gasteiger partial charge in [-0.3, -0.25) is 14.2 Å². The Kier molecular flexibility index (Phi) is 6.20. The quantitative estimate of drug-likeness (QED) is 0.425. The van der Waals surface area contributed by atoms with Crippen LogP contribution in [-0.2, 0) is 14.3 Å². The number of thiophene rings is 1. The maximum atomic E-state index is 13.5. The largest absolute Gasteiger partial charge is 0.463 e. The molecule has 1 aliphatic rings. The van der Waals surface area contributed by atoms with Crippen LogP contribution in [0.15, 0.2) is 62.8 Å². The first-order valence-corrected chi connectivity index (χ1v) is 11.6. The number of hydrogen-bond donors (Lipinski definition) is 0. The fourth-order valence-electron chi connectivity index (χ4n) is 3.50. The number of fused-ring (bicyclic) bond motifs is 1. The molecule has 1 atom stereocenters. The second kappa shape index (κ2) is 9.05. The fourth-order valence-corrected chi connectivity index (χ4v) is 5.36. The second-order valence-corrected chi connectivity index (χ2v) is 8.94. The van der Waals surface area contributed by atoms with Crippen molar-refractivity contribution in [3.8, 4) is 5.75 Å². The zero-order valence-corrected chi connectivity index (χ0v) is 19.3. The molecule has 0 saturated heterocycles. The minimum Gasteiger partial charge on any atom is -0.463 e. The molecule has 4 rings (SSSR count). The van der Waals surface area contributed by atoms with Gasteiger partial charge in [0.05, 0.1) is 22.4 Å². The Morgan fingerprint density at radius 1 is 1.22 bits per heavy atom. The molecule has 2 aromatic heterocycles. The molecule has 1 aliphatic heterocycles. The van der Waals surface area contributed by atoms with Gasteiger partial charge in [-0.15, -0.1) is 11.3 Å². The number of allylic oxidation sites excluding steroid dienone is 1. The Morgan fingerprint density at radius 3 is 2.69 bits per heavy atom. The molecule has 0 radical (unpaired) electrons. The molecule has 7 nitrogen and oxygen atoms in total. The number of thiazole rings is 1. The number of hydrogen-bond acceptors (Lipinski definition) is 8. The number of para-hydroxylation sites is 1. The van der Waals surface area contributed by atoms with E-state index in [-0.39, 0.29) is 12.2 Å². The van der Waals surface area contributed by atoms with Crippen LogP contribution in [-0.4, -0.2) is 23.1 Å². The van der Waals surface area contributed by atoms with E-state index in [1.165, 1.54) is 34.2 Å². The van der Waals surface area contributed by atoms with Gasteiger partial charge in [-0.1, -0.05) is 35.6 Å². The van der Waals surface area contributed by atoms with Crippen molar-refractivity contribution in [1.29, 1.82) is 0 Å². The lowest BCUT2D eigenvalue weighted by Crippen LogP contribution is -2.39. The number of ether oxygens (including phenoxy) is 2. The van der Waals surface area contributed by atoms with Gasteiger partial charge >= 0.3 is 11.9 Å². The molecule has 3 aromatic rings. The van der Waals surface area contributed by atoms with Crippen molar-refractivity contribution in [2.75, 3.05) is 6.61 Å². The predicted molar refractivity (Wildman–Crippen MR) is 122 cm³/mol. The van der Waals surface area contributed by atoms with Gasteiger partial charge in [0.15, 0.2) is 4.80 Å². The second-order valence-electron chi connectivity index (χ2n) is 6.95. The summed E-state index contributed by atoms with van der Waals surface area (Å²) in [5.41, 5.74) is 1.20. The lowest BCUT2D eigenvalue weighted by molar-refractivity contribution is -0.139. The molecule has 0 fully saturated rings. The molecule has 0 spiro atoms. The maximum Gasteiger partial charge on any atom is 0.338 e. The van der Waals surface area contributed by atoms with Crippen LogP contribution < -0.4 is 19.6 Å². The van der Waals surface area contributed by atoms with E-state index in [0.717, 1.165) is 4.88 Å². The van der Waals surface area contributed by atoms with Gasteiger partial charge in [-0.25, -0.2) is 9.79 Å². The number of carbonyl (C=O) groups excluding carboxylic acids is 2. The van der Waals surface area contributed by atoms with E-state index in [9.17, 15) is 14.4 Å². The first kappa shape index (κ1) is 21.9. The molecule has 0 aliphatic carbocycles. The van der Waals surface area contributed by atoms with Crippen LogP contribution in [0.1, 0.15) is 37.3 Å². The van der Waals surface area contributed by atoms with E-state index >= 15 is 0 Å². The number of nitrogens with zero attached hydrogens (tertiary/aromatic N) is 2. The standard InChI is InChI=1S/C23H20N2O5S2/c1-4-29-22(28)19-13(2)24-23-25(20(19)17-10-7-11-31-17)21(27)18(32-23)12-15-8-5-6-9-16(15)30-14(3)26/h5-12,20H,4H2,1-3H3. The van der Waals surface area contributed by atoms with Crippen LogP contribution in [0.4, 0.5) is 0 Å². The minimum absolute atomic E-state index is 0.226. The van der Waals surface area contributed by atoms with Gasteiger partial charge in [0.25, 0.3) is 5.56 Å². The van der Waals surface area contributed by atoms with E-state index in [2.05, 4.69) is 4.99 Å². The molecule has 0 saturated carbocycles. The Morgan fingerprint density at radius 2 is 2.00 bits per heavy atom. The first-order valence-electron chi connectivity index (χ1n) is 9.91. The van der Waals surface area contributed by atoms with Crippen molar-refractivity contribution in [3.63, 3.8) is 0 Å². The number of esters is 2. The molecule has 164 valence electrons. The Hall–Kier alpha value is -3.30. The van der Waals surface area contributed by atoms with Crippen molar-refractivity contribution in [1.82, 2.24) is 4.57 Å². The molecular formula is C23H20N2O5S2. The summed E-state index contributed by atoms with van der Waals surface area (Å²) in [6, 6.07) is 10.1. The van der Waals surface area contributed by atoms with Gasteiger partial charge < -0.3 is 9.47 Å². The van der Waals surface area contributed by atoms with Gasteiger partial charge in [-0.05, 0) is 37.4 Å². The average Bonchev–Trinajstić information content (AvgIpc) is 3.37. The van der Waals surface area contributed by atoms with Crippen LogP contribution in [0.2, 0.25) is 0 Å². The highest BCUT2D eigenvalue weighted by Gasteiger charge is 2.33. The van der Waals surface area contributed by atoms with Crippen molar-refractivity contribution >= 4 is 40.7 Å². The monoisotopic (exact) mass is 468 g/mol. The van der Waals surface area contributed by atoms with Crippen molar-refractivity contribution in [3.05, 3.63) is 83.2 Å². The Balaban J connectivity index is 1.92. The number of benzene rings is 1. The van der Waals surface area contributed by atoms with Crippen molar-refractivity contribution < 1.29 is 19.1 Å². The number of aromatic nitrogens is 1. The third kappa shape index (κ3) is 4.09. The Bertz CT molecular complexity index is 1400. The lowest BCUT2D eigenvalue weighted by Gasteiger charge is -2.23. The highest BCUT2D eigenvalue weighted by molar-refractivity contribution is 7.10. The summed E-state index contributed by atoms with van der Waals surface area (Å²) in [5, 5.41) is 1.90. The zero-order chi connectivity index (χ0) is 22.8. The van der Waals surface area contributed by atoms with Gasteiger partial charge in [0.1, 0.15) is 11.8 Å². The average molecular weight is 469 g/mol. The highest BCUT2D eigenvalue weighted by Crippen LogP contribution is 2.33. The van der Waals surface area contributed by atoms with Crippen molar-refractivity contribution in [2.24, 2.45) is 4.99 Å².